The molecule has 0 saturated heterocycles. The zero-order chi connectivity index (χ0) is 23.4. The molecule has 0 bridgehead atoms. The first kappa shape index (κ1) is 22.5. The van der Waals surface area contributed by atoms with Crippen molar-refractivity contribution in [1.29, 1.82) is 0 Å². The number of hydrogen-bond acceptors (Lipinski definition) is 7. The summed E-state index contributed by atoms with van der Waals surface area (Å²) in [6.45, 7) is 1.56. The highest BCUT2D eigenvalue weighted by molar-refractivity contribution is 6.07. The van der Waals surface area contributed by atoms with E-state index in [1.807, 2.05) is 0 Å². The second-order valence-electron chi connectivity index (χ2n) is 6.56. The third-order valence-corrected chi connectivity index (χ3v) is 4.58. The molecule has 0 radical (unpaired) electrons. The molecule has 1 heterocycles. The van der Waals surface area contributed by atoms with Crippen molar-refractivity contribution in [2.45, 2.75) is 6.92 Å². The third-order valence-electron chi connectivity index (χ3n) is 4.58. The average molecular weight is 441 g/mol. The fraction of sp³-hybridized carbons (Fsp3) is 0.182. The molecule has 3 rings (SSSR count). The van der Waals surface area contributed by atoms with Crippen LogP contribution in [0.15, 0.2) is 47.3 Å². The maximum atomic E-state index is 14.3. The third kappa shape index (κ3) is 4.29. The lowest BCUT2D eigenvalue weighted by atomic mass is 10.1. The van der Waals surface area contributed by atoms with Crippen LogP contribution in [0.4, 0.5) is 10.1 Å². The summed E-state index contributed by atoms with van der Waals surface area (Å²) in [5.41, 5.74) is -0.783. The first-order chi connectivity index (χ1) is 15.3. The van der Waals surface area contributed by atoms with Gasteiger partial charge in [-0.15, -0.1) is 0 Å². The van der Waals surface area contributed by atoms with Gasteiger partial charge in [-0.3, -0.25) is 9.59 Å². The van der Waals surface area contributed by atoms with Crippen LogP contribution in [0.3, 0.4) is 0 Å². The van der Waals surface area contributed by atoms with Gasteiger partial charge in [-0.05, 0) is 19.1 Å². The Labute approximate surface area is 182 Å². The molecular weight excluding hydrogens is 421 g/mol. The van der Waals surface area contributed by atoms with Crippen molar-refractivity contribution in [2.24, 2.45) is 0 Å². The van der Waals surface area contributed by atoms with E-state index in [2.05, 4.69) is 10.4 Å². The van der Waals surface area contributed by atoms with Gasteiger partial charge in [-0.2, -0.15) is 5.10 Å². The molecule has 0 aliphatic rings. The number of benzene rings is 2. The van der Waals surface area contributed by atoms with Gasteiger partial charge < -0.3 is 19.5 Å². The number of rotatable bonds is 6. The van der Waals surface area contributed by atoms with E-state index in [9.17, 15) is 18.8 Å². The molecule has 0 aliphatic carbocycles. The van der Waals surface area contributed by atoms with E-state index < -0.39 is 28.8 Å². The Hall–Kier alpha value is -4.21. The molecule has 1 aromatic heterocycles. The molecule has 0 saturated carbocycles. The summed E-state index contributed by atoms with van der Waals surface area (Å²) in [6.07, 6.45) is 0. The van der Waals surface area contributed by atoms with Crippen molar-refractivity contribution in [2.75, 3.05) is 26.6 Å². The molecule has 3 aromatic rings. The first-order valence-corrected chi connectivity index (χ1v) is 9.32. The first-order valence-electron chi connectivity index (χ1n) is 9.32. The minimum absolute atomic E-state index is 0.0127. The molecule has 0 aliphatic heterocycles. The fourth-order valence-electron chi connectivity index (χ4n) is 3.01. The van der Waals surface area contributed by atoms with E-state index >= 15 is 0 Å². The van der Waals surface area contributed by atoms with Crippen molar-refractivity contribution in [3.63, 3.8) is 0 Å². The molecule has 0 atom stereocenters. The quantitative estimate of drug-likeness (QED) is 0.586. The Balaban J connectivity index is 2.08. The van der Waals surface area contributed by atoms with Crippen molar-refractivity contribution in [3.05, 3.63) is 75.5 Å². The summed E-state index contributed by atoms with van der Waals surface area (Å²) in [5.74, 6) is -1.76. The molecule has 9 nitrogen and oxygen atoms in total. The Morgan fingerprint density at radius 3 is 2.31 bits per heavy atom. The monoisotopic (exact) mass is 441 g/mol. The van der Waals surface area contributed by atoms with Crippen LogP contribution < -0.4 is 20.2 Å². The molecular formula is C22H20FN3O6. The van der Waals surface area contributed by atoms with E-state index in [0.29, 0.717) is 5.69 Å². The number of halogens is 1. The van der Waals surface area contributed by atoms with E-state index in [1.54, 1.807) is 13.0 Å². The van der Waals surface area contributed by atoms with Gasteiger partial charge in [0.15, 0.2) is 17.2 Å². The summed E-state index contributed by atoms with van der Waals surface area (Å²) in [4.78, 5) is 37.6. The van der Waals surface area contributed by atoms with Crippen LogP contribution in [-0.2, 0) is 4.74 Å². The van der Waals surface area contributed by atoms with Crippen LogP contribution in [0, 0.1) is 12.7 Å². The minimum atomic E-state index is -0.905. The number of aromatic nitrogens is 2. The molecule has 10 heteroatoms. The van der Waals surface area contributed by atoms with Crippen LogP contribution in [0.5, 0.6) is 11.5 Å². The lowest BCUT2D eigenvalue weighted by molar-refractivity contribution is 0.0601. The summed E-state index contributed by atoms with van der Waals surface area (Å²) in [6, 6.07) is 9.67. The Morgan fingerprint density at radius 2 is 1.69 bits per heavy atom. The number of ether oxygens (including phenoxy) is 3. The van der Waals surface area contributed by atoms with Gasteiger partial charge in [0.1, 0.15) is 11.5 Å². The molecule has 1 N–H and O–H groups in total. The second kappa shape index (κ2) is 9.29. The molecule has 0 unspecified atom stereocenters. The lowest BCUT2D eigenvalue weighted by Crippen LogP contribution is -2.27. The number of methoxy groups -OCH3 is 3. The SMILES string of the molecule is COC(=O)c1cc(OC)c(OC)cc1NC(=O)c1nn(-c2ccccc2F)c(C)cc1=O. The number of hydrogen-bond donors (Lipinski definition) is 1. The van der Waals surface area contributed by atoms with Gasteiger partial charge >= 0.3 is 5.97 Å². The highest BCUT2D eigenvalue weighted by Gasteiger charge is 2.22. The van der Waals surface area contributed by atoms with Crippen molar-refractivity contribution in [1.82, 2.24) is 9.78 Å². The largest absolute Gasteiger partial charge is 0.493 e. The summed E-state index contributed by atoms with van der Waals surface area (Å²) < 4.78 is 30.6. The van der Waals surface area contributed by atoms with E-state index in [-0.39, 0.29) is 28.4 Å². The van der Waals surface area contributed by atoms with Crippen LogP contribution in [0.1, 0.15) is 26.5 Å². The Kier molecular flexibility index (Phi) is 6.53. The number of para-hydroxylation sites is 1. The number of anilines is 1. The molecule has 1 amide bonds. The Morgan fingerprint density at radius 1 is 1.03 bits per heavy atom. The van der Waals surface area contributed by atoms with Crippen molar-refractivity contribution >= 4 is 17.6 Å². The number of carbonyl (C=O) groups is 2. The number of nitrogens with zero attached hydrogens (tertiary/aromatic N) is 2. The van der Waals surface area contributed by atoms with Gasteiger partial charge in [0.2, 0.25) is 5.43 Å². The number of carbonyl (C=O) groups excluding carboxylic acids is 2. The van der Waals surface area contributed by atoms with E-state index in [0.717, 1.165) is 4.68 Å². The van der Waals surface area contributed by atoms with E-state index in [4.69, 9.17) is 14.2 Å². The number of nitrogens with one attached hydrogen (secondary N) is 1. The number of aryl methyl sites for hydroxylation is 1. The highest BCUT2D eigenvalue weighted by atomic mass is 19.1. The van der Waals surface area contributed by atoms with Crippen LogP contribution >= 0.6 is 0 Å². The summed E-state index contributed by atoms with van der Waals surface area (Å²) in [5, 5.41) is 6.53. The van der Waals surface area contributed by atoms with Gasteiger partial charge in [0.05, 0.1) is 32.6 Å². The maximum Gasteiger partial charge on any atom is 0.340 e. The van der Waals surface area contributed by atoms with Crippen LogP contribution in [0.25, 0.3) is 5.69 Å². The predicted molar refractivity (Wildman–Crippen MR) is 113 cm³/mol. The number of esters is 1. The highest BCUT2D eigenvalue weighted by Crippen LogP contribution is 2.34. The van der Waals surface area contributed by atoms with Gasteiger partial charge in [0, 0.05) is 23.9 Å². The van der Waals surface area contributed by atoms with Gasteiger partial charge in [-0.1, -0.05) is 12.1 Å². The van der Waals surface area contributed by atoms with Crippen LogP contribution in [0.2, 0.25) is 0 Å². The summed E-state index contributed by atoms with van der Waals surface area (Å²) in [7, 11) is 3.95. The Bertz CT molecular complexity index is 1250. The second-order valence-corrected chi connectivity index (χ2v) is 6.56. The fourth-order valence-corrected chi connectivity index (χ4v) is 3.01. The average Bonchev–Trinajstić information content (AvgIpc) is 2.78. The molecule has 0 spiro atoms. The minimum Gasteiger partial charge on any atom is -0.493 e. The van der Waals surface area contributed by atoms with E-state index in [1.165, 1.54) is 57.7 Å². The lowest BCUT2D eigenvalue weighted by Gasteiger charge is -2.15. The molecule has 166 valence electrons. The van der Waals surface area contributed by atoms with Gasteiger partial charge in [-0.25, -0.2) is 13.9 Å². The smallest absolute Gasteiger partial charge is 0.340 e. The maximum absolute atomic E-state index is 14.3. The van der Waals surface area contributed by atoms with Crippen molar-refractivity contribution < 1.29 is 28.2 Å². The standard InChI is InChI=1S/C22H20FN3O6/c1-12-9-17(27)20(25-26(12)16-8-6-5-7-14(16)23)21(28)24-15-11-19(31-3)18(30-2)10-13(15)22(29)32-4/h5-11H,1-4H3,(H,24,28). The topological polar surface area (TPSA) is 109 Å². The molecule has 2 aromatic carbocycles. The normalized spacial score (nSPS) is 10.4. The molecule has 32 heavy (non-hydrogen) atoms. The van der Waals surface area contributed by atoms with Crippen molar-refractivity contribution in [3.8, 4) is 17.2 Å². The van der Waals surface area contributed by atoms with Crippen LogP contribution in [-0.4, -0.2) is 43.0 Å². The summed E-state index contributed by atoms with van der Waals surface area (Å²) >= 11 is 0. The number of amides is 1. The molecule has 0 fully saturated rings. The predicted octanol–water partition coefficient (Wildman–Crippen LogP) is 2.74. The zero-order valence-electron chi connectivity index (χ0n) is 17.8. The van der Waals surface area contributed by atoms with Gasteiger partial charge in [0.25, 0.3) is 5.91 Å². The zero-order valence-corrected chi connectivity index (χ0v) is 17.8.